The fourth-order valence-corrected chi connectivity index (χ4v) is 2.22. The molecule has 1 unspecified atom stereocenters. The molecular formula is C14H18F2N2O2. The number of rotatable bonds is 5. The summed E-state index contributed by atoms with van der Waals surface area (Å²) in [6, 6.07) is 3.44. The Labute approximate surface area is 116 Å². The van der Waals surface area contributed by atoms with Gasteiger partial charge in [-0.25, -0.2) is 8.78 Å². The maximum Gasteiger partial charge on any atom is 0.238 e. The molecule has 2 N–H and O–H groups in total. The molecule has 1 aliphatic rings. The van der Waals surface area contributed by atoms with Gasteiger partial charge in [0.15, 0.2) is 0 Å². The van der Waals surface area contributed by atoms with Gasteiger partial charge in [-0.05, 0) is 31.9 Å². The number of carbonyl (C=O) groups excluding carboxylic acids is 1. The first-order chi connectivity index (χ1) is 9.50. The average molecular weight is 284 g/mol. The van der Waals surface area contributed by atoms with E-state index < -0.39 is 23.2 Å². The van der Waals surface area contributed by atoms with Crippen molar-refractivity contribution in [2.75, 3.05) is 25.0 Å². The Morgan fingerprint density at radius 3 is 2.70 bits per heavy atom. The standard InChI is InChI=1S/C14H18F2N2O2/c1-14(6-3-7-20-14)9-17-8-12(19)18-13-10(15)4-2-5-11(13)16/h2,4-5,17H,3,6-9H2,1H3,(H,18,19). The van der Waals surface area contributed by atoms with E-state index in [0.29, 0.717) is 6.54 Å². The lowest BCUT2D eigenvalue weighted by atomic mass is 10.0. The summed E-state index contributed by atoms with van der Waals surface area (Å²) in [5, 5.41) is 5.17. The molecule has 20 heavy (non-hydrogen) atoms. The minimum absolute atomic E-state index is 0.0211. The number of hydrogen-bond acceptors (Lipinski definition) is 3. The maximum atomic E-state index is 13.3. The van der Waals surface area contributed by atoms with Crippen molar-refractivity contribution in [2.24, 2.45) is 0 Å². The molecule has 1 saturated heterocycles. The third kappa shape index (κ3) is 3.74. The summed E-state index contributed by atoms with van der Waals surface area (Å²) in [7, 11) is 0. The van der Waals surface area contributed by atoms with Crippen LogP contribution in [0.3, 0.4) is 0 Å². The normalized spacial score (nSPS) is 21.9. The van der Waals surface area contributed by atoms with Crippen molar-refractivity contribution in [3.63, 3.8) is 0 Å². The van der Waals surface area contributed by atoms with Crippen molar-refractivity contribution in [2.45, 2.75) is 25.4 Å². The lowest BCUT2D eigenvalue weighted by molar-refractivity contribution is -0.115. The summed E-state index contributed by atoms with van der Waals surface area (Å²) in [5.74, 6) is -2.07. The first kappa shape index (κ1) is 14.9. The Morgan fingerprint density at radius 2 is 2.10 bits per heavy atom. The Balaban J connectivity index is 1.81. The molecule has 4 nitrogen and oxygen atoms in total. The second kappa shape index (κ2) is 6.28. The third-order valence-electron chi connectivity index (χ3n) is 3.31. The second-order valence-electron chi connectivity index (χ2n) is 5.15. The molecule has 6 heteroatoms. The van der Waals surface area contributed by atoms with E-state index in [1.165, 1.54) is 6.07 Å². The van der Waals surface area contributed by atoms with E-state index in [1.807, 2.05) is 6.92 Å². The highest BCUT2D eigenvalue weighted by Crippen LogP contribution is 2.23. The van der Waals surface area contributed by atoms with Crippen LogP contribution in [0.4, 0.5) is 14.5 Å². The number of carbonyl (C=O) groups is 1. The van der Waals surface area contributed by atoms with Crippen LogP contribution in [0, 0.1) is 11.6 Å². The Bertz CT molecular complexity index is 468. The quantitative estimate of drug-likeness (QED) is 0.870. The van der Waals surface area contributed by atoms with E-state index in [9.17, 15) is 13.6 Å². The van der Waals surface area contributed by atoms with E-state index >= 15 is 0 Å². The SMILES string of the molecule is CC1(CNCC(=O)Nc2c(F)cccc2F)CCCO1. The van der Waals surface area contributed by atoms with Gasteiger partial charge in [0.25, 0.3) is 0 Å². The molecule has 1 amide bonds. The minimum atomic E-state index is -0.788. The van der Waals surface area contributed by atoms with Crippen molar-refractivity contribution in [1.29, 1.82) is 0 Å². The molecule has 110 valence electrons. The topological polar surface area (TPSA) is 50.4 Å². The lowest BCUT2D eigenvalue weighted by Gasteiger charge is -2.23. The molecule has 1 fully saturated rings. The molecule has 0 radical (unpaired) electrons. The molecule has 2 rings (SSSR count). The zero-order chi connectivity index (χ0) is 14.6. The van der Waals surface area contributed by atoms with Crippen LogP contribution in [0.5, 0.6) is 0 Å². The number of para-hydroxylation sites is 1. The highest BCUT2D eigenvalue weighted by Gasteiger charge is 2.29. The summed E-state index contributed by atoms with van der Waals surface area (Å²) >= 11 is 0. The van der Waals surface area contributed by atoms with Crippen LogP contribution in [0.2, 0.25) is 0 Å². The number of halogens is 2. The molecule has 0 bridgehead atoms. The van der Waals surface area contributed by atoms with Crippen LogP contribution in [0.1, 0.15) is 19.8 Å². The smallest absolute Gasteiger partial charge is 0.238 e. The van der Waals surface area contributed by atoms with Crippen molar-refractivity contribution in [1.82, 2.24) is 5.32 Å². The molecular weight excluding hydrogens is 266 g/mol. The molecule has 1 aliphatic heterocycles. The zero-order valence-electron chi connectivity index (χ0n) is 11.3. The van der Waals surface area contributed by atoms with Crippen molar-refractivity contribution < 1.29 is 18.3 Å². The van der Waals surface area contributed by atoms with E-state index in [1.54, 1.807) is 0 Å². The highest BCUT2D eigenvalue weighted by atomic mass is 19.1. The molecule has 0 aliphatic carbocycles. The van der Waals surface area contributed by atoms with Crippen LogP contribution in [-0.2, 0) is 9.53 Å². The zero-order valence-corrected chi connectivity index (χ0v) is 11.3. The van der Waals surface area contributed by atoms with Gasteiger partial charge in [-0.1, -0.05) is 6.07 Å². The van der Waals surface area contributed by atoms with E-state index in [0.717, 1.165) is 31.6 Å². The monoisotopic (exact) mass is 284 g/mol. The van der Waals surface area contributed by atoms with Gasteiger partial charge < -0.3 is 15.4 Å². The lowest BCUT2D eigenvalue weighted by Crippen LogP contribution is -2.40. The molecule has 0 spiro atoms. The summed E-state index contributed by atoms with van der Waals surface area (Å²) < 4.78 is 32.3. The molecule has 1 aromatic rings. The summed E-state index contributed by atoms with van der Waals surface area (Å²) in [4.78, 5) is 11.6. The van der Waals surface area contributed by atoms with E-state index in [2.05, 4.69) is 10.6 Å². The number of benzene rings is 1. The number of hydrogen-bond donors (Lipinski definition) is 2. The van der Waals surface area contributed by atoms with Crippen LogP contribution in [0.15, 0.2) is 18.2 Å². The second-order valence-corrected chi connectivity index (χ2v) is 5.15. The minimum Gasteiger partial charge on any atom is -0.374 e. The van der Waals surface area contributed by atoms with Crippen molar-refractivity contribution in [3.05, 3.63) is 29.8 Å². The Morgan fingerprint density at radius 1 is 1.40 bits per heavy atom. The first-order valence-corrected chi connectivity index (χ1v) is 6.59. The first-order valence-electron chi connectivity index (χ1n) is 6.59. The molecule has 1 atom stereocenters. The fraction of sp³-hybridized carbons (Fsp3) is 0.500. The number of ether oxygens (including phenoxy) is 1. The van der Waals surface area contributed by atoms with Gasteiger partial charge >= 0.3 is 0 Å². The van der Waals surface area contributed by atoms with Crippen molar-refractivity contribution in [3.8, 4) is 0 Å². The fourth-order valence-electron chi connectivity index (χ4n) is 2.22. The van der Waals surface area contributed by atoms with Crippen LogP contribution in [0.25, 0.3) is 0 Å². The maximum absolute atomic E-state index is 13.3. The summed E-state index contributed by atoms with van der Waals surface area (Å²) in [5.41, 5.74) is -0.675. The van der Waals surface area contributed by atoms with Crippen LogP contribution < -0.4 is 10.6 Å². The molecule has 0 aromatic heterocycles. The van der Waals surface area contributed by atoms with Gasteiger partial charge in [-0.3, -0.25) is 4.79 Å². The predicted octanol–water partition coefficient (Wildman–Crippen LogP) is 2.06. The Kier molecular flexibility index (Phi) is 4.67. The van der Waals surface area contributed by atoms with E-state index in [-0.39, 0.29) is 12.1 Å². The van der Waals surface area contributed by atoms with Gasteiger partial charge in [0.2, 0.25) is 5.91 Å². The summed E-state index contributed by atoms with van der Waals surface area (Å²) in [6.45, 7) is 3.21. The van der Waals surface area contributed by atoms with Gasteiger partial charge in [0.1, 0.15) is 17.3 Å². The molecule has 1 aromatic carbocycles. The van der Waals surface area contributed by atoms with Crippen LogP contribution in [-0.4, -0.2) is 31.2 Å². The van der Waals surface area contributed by atoms with E-state index in [4.69, 9.17) is 4.74 Å². The van der Waals surface area contributed by atoms with Crippen molar-refractivity contribution >= 4 is 11.6 Å². The molecule has 1 heterocycles. The number of amides is 1. The third-order valence-corrected chi connectivity index (χ3v) is 3.31. The van der Waals surface area contributed by atoms with Gasteiger partial charge in [0, 0.05) is 13.2 Å². The highest BCUT2D eigenvalue weighted by molar-refractivity contribution is 5.92. The van der Waals surface area contributed by atoms with Gasteiger partial charge in [0.05, 0.1) is 12.1 Å². The Hall–Kier alpha value is -1.53. The summed E-state index contributed by atoms with van der Waals surface area (Å²) in [6.07, 6.45) is 1.94. The molecule has 0 saturated carbocycles. The van der Waals surface area contributed by atoms with Gasteiger partial charge in [-0.15, -0.1) is 0 Å². The largest absolute Gasteiger partial charge is 0.374 e. The predicted molar refractivity (Wildman–Crippen MR) is 71.4 cm³/mol. The van der Waals surface area contributed by atoms with Gasteiger partial charge in [-0.2, -0.15) is 0 Å². The van der Waals surface area contributed by atoms with Crippen LogP contribution >= 0.6 is 0 Å². The number of anilines is 1. The average Bonchev–Trinajstić information content (AvgIpc) is 2.81. The number of nitrogens with one attached hydrogen (secondary N) is 2.